The minimum absolute atomic E-state index is 0.144. The van der Waals surface area contributed by atoms with Crippen molar-refractivity contribution in [1.82, 2.24) is 0 Å². The highest BCUT2D eigenvalue weighted by Gasteiger charge is 2.26. The lowest BCUT2D eigenvalue weighted by Gasteiger charge is -2.28. The number of nitriles is 1. The monoisotopic (exact) mass is 338 g/mol. The number of carbonyl (C=O) groups is 1. The van der Waals surface area contributed by atoms with Crippen molar-refractivity contribution >= 4 is 11.6 Å². The van der Waals surface area contributed by atoms with E-state index in [4.69, 9.17) is 5.26 Å². The molecule has 2 aromatic rings. The van der Waals surface area contributed by atoms with Gasteiger partial charge in [-0.15, -0.1) is 0 Å². The summed E-state index contributed by atoms with van der Waals surface area (Å²) in [5.74, 6) is -0.581. The summed E-state index contributed by atoms with van der Waals surface area (Å²) in [5, 5.41) is 8.86. The number of nitrogens with zero attached hydrogens (tertiary/aromatic N) is 2. The molecule has 25 heavy (non-hydrogen) atoms. The topological polar surface area (TPSA) is 48.5 Å². The van der Waals surface area contributed by atoms with Crippen LogP contribution in [-0.4, -0.2) is 25.5 Å². The van der Waals surface area contributed by atoms with E-state index < -0.39 is 5.82 Å². The van der Waals surface area contributed by atoms with E-state index in [0.717, 1.165) is 19.5 Å². The van der Waals surface area contributed by atoms with Crippen molar-refractivity contribution < 1.29 is 14.1 Å². The Morgan fingerprint density at radius 2 is 1.88 bits per heavy atom. The van der Waals surface area contributed by atoms with Crippen molar-refractivity contribution in [2.45, 2.75) is 19.4 Å². The molecule has 4 nitrogen and oxygen atoms in total. The van der Waals surface area contributed by atoms with Crippen LogP contribution < -0.4 is 9.80 Å². The predicted octanol–water partition coefficient (Wildman–Crippen LogP) is 1.71. The van der Waals surface area contributed by atoms with E-state index in [9.17, 15) is 9.18 Å². The molecule has 128 valence electrons. The Morgan fingerprint density at radius 1 is 1.16 bits per heavy atom. The fourth-order valence-corrected chi connectivity index (χ4v) is 3.32. The Hall–Kier alpha value is -2.71. The minimum atomic E-state index is -0.437. The molecule has 0 aromatic heterocycles. The summed E-state index contributed by atoms with van der Waals surface area (Å²) in [5.41, 5.74) is 2.86. The van der Waals surface area contributed by atoms with Gasteiger partial charge in [0.1, 0.15) is 12.4 Å². The van der Waals surface area contributed by atoms with Crippen LogP contribution in [0.15, 0.2) is 48.5 Å². The second-order valence-corrected chi connectivity index (χ2v) is 6.28. The quantitative estimate of drug-likeness (QED) is 0.902. The molecule has 2 aromatic carbocycles. The molecule has 0 spiro atoms. The van der Waals surface area contributed by atoms with Crippen molar-refractivity contribution in [2.24, 2.45) is 0 Å². The molecule has 1 aliphatic heterocycles. The van der Waals surface area contributed by atoms with Crippen LogP contribution in [0.5, 0.6) is 0 Å². The molecule has 0 bridgehead atoms. The molecule has 0 aliphatic carbocycles. The first-order valence-corrected chi connectivity index (χ1v) is 8.51. The number of quaternary nitrogens is 1. The highest BCUT2D eigenvalue weighted by atomic mass is 19.1. The van der Waals surface area contributed by atoms with Crippen LogP contribution in [0.2, 0.25) is 0 Å². The van der Waals surface area contributed by atoms with Crippen molar-refractivity contribution in [3.8, 4) is 6.07 Å². The van der Waals surface area contributed by atoms with Gasteiger partial charge in [-0.05, 0) is 17.7 Å². The molecular formula is C20H21FN3O+. The summed E-state index contributed by atoms with van der Waals surface area (Å²) in [6.45, 7) is 2.19. The molecule has 0 saturated heterocycles. The maximum Gasteiger partial charge on any atom is 0.282 e. The lowest BCUT2D eigenvalue weighted by Crippen LogP contribution is -3.13. The third-order valence-corrected chi connectivity index (χ3v) is 4.60. The number of carbonyl (C=O) groups excluding carboxylic acids is 1. The van der Waals surface area contributed by atoms with Crippen LogP contribution >= 0.6 is 0 Å². The number of para-hydroxylation sites is 1. The van der Waals surface area contributed by atoms with Crippen LogP contribution in [-0.2, 0) is 17.8 Å². The first-order chi connectivity index (χ1) is 12.2. The SMILES string of the molecule is N#CCCN(C(=O)C[NH+]1CCc2ccccc2C1)c1ccccc1F. The average Bonchev–Trinajstić information content (AvgIpc) is 2.63. The molecule has 0 radical (unpaired) electrons. The lowest BCUT2D eigenvalue weighted by molar-refractivity contribution is -0.907. The fraction of sp³-hybridized carbons (Fsp3) is 0.300. The van der Waals surface area contributed by atoms with Gasteiger partial charge in [-0.1, -0.05) is 36.4 Å². The van der Waals surface area contributed by atoms with Gasteiger partial charge in [0.05, 0.1) is 24.7 Å². The highest BCUT2D eigenvalue weighted by Crippen LogP contribution is 2.19. The van der Waals surface area contributed by atoms with Gasteiger partial charge in [0.15, 0.2) is 6.54 Å². The molecule has 5 heteroatoms. The fourth-order valence-electron chi connectivity index (χ4n) is 3.32. The normalized spacial score (nSPS) is 15.9. The van der Waals surface area contributed by atoms with Gasteiger partial charge in [-0.3, -0.25) is 4.79 Å². The summed E-state index contributed by atoms with van der Waals surface area (Å²) in [7, 11) is 0. The van der Waals surface area contributed by atoms with E-state index >= 15 is 0 Å². The van der Waals surface area contributed by atoms with E-state index in [2.05, 4.69) is 12.1 Å². The van der Waals surface area contributed by atoms with E-state index in [-0.39, 0.29) is 24.6 Å². The number of anilines is 1. The number of hydrogen-bond acceptors (Lipinski definition) is 2. The maximum absolute atomic E-state index is 14.1. The number of amides is 1. The second kappa shape index (κ2) is 7.91. The molecule has 1 amide bonds. The predicted molar refractivity (Wildman–Crippen MR) is 93.5 cm³/mol. The molecule has 1 N–H and O–H groups in total. The molecule has 1 atom stereocenters. The maximum atomic E-state index is 14.1. The van der Waals surface area contributed by atoms with Gasteiger partial charge in [-0.2, -0.15) is 5.26 Å². The number of hydrogen-bond donors (Lipinski definition) is 1. The van der Waals surface area contributed by atoms with E-state index in [1.807, 2.05) is 18.2 Å². The minimum Gasteiger partial charge on any atom is -0.323 e. The van der Waals surface area contributed by atoms with Gasteiger partial charge >= 0.3 is 0 Å². The number of benzene rings is 2. The zero-order valence-electron chi connectivity index (χ0n) is 14.0. The van der Waals surface area contributed by atoms with Crippen molar-refractivity contribution in [1.29, 1.82) is 5.26 Å². The van der Waals surface area contributed by atoms with Crippen LogP contribution in [0.25, 0.3) is 0 Å². The first-order valence-electron chi connectivity index (χ1n) is 8.51. The van der Waals surface area contributed by atoms with Crippen LogP contribution in [0.1, 0.15) is 17.5 Å². The summed E-state index contributed by atoms with van der Waals surface area (Å²) < 4.78 is 14.1. The Labute approximate surface area is 147 Å². The average molecular weight is 338 g/mol. The van der Waals surface area contributed by atoms with Crippen LogP contribution in [0.4, 0.5) is 10.1 Å². The standard InChI is InChI=1S/C20H20FN3O/c21-18-8-3-4-9-19(18)24(12-5-11-22)20(25)15-23-13-10-16-6-1-2-7-17(16)14-23/h1-4,6-9H,5,10,12-15H2/p+1. The third kappa shape index (κ3) is 4.04. The molecule has 0 saturated carbocycles. The Bertz CT molecular complexity index is 800. The summed E-state index contributed by atoms with van der Waals surface area (Å²) in [6, 6.07) is 16.5. The molecule has 1 aliphatic rings. The van der Waals surface area contributed by atoms with Gasteiger partial charge in [-0.25, -0.2) is 4.39 Å². The summed E-state index contributed by atoms with van der Waals surface area (Å²) in [6.07, 6.45) is 1.12. The van der Waals surface area contributed by atoms with E-state index in [1.165, 1.54) is 27.0 Å². The molecule has 1 unspecified atom stereocenters. The molecule has 0 fully saturated rings. The highest BCUT2D eigenvalue weighted by molar-refractivity contribution is 5.94. The smallest absolute Gasteiger partial charge is 0.282 e. The Kier molecular flexibility index (Phi) is 5.42. The number of rotatable bonds is 5. The number of halogens is 1. The van der Waals surface area contributed by atoms with Gasteiger partial charge in [0.25, 0.3) is 5.91 Å². The van der Waals surface area contributed by atoms with Crippen LogP contribution in [0.3, 0.4) is 0 Å². The van der Waals surface area contributed by atoms with E-state index in [1.54, 1.807) is 18.2 Å². The zero-order chi connectivity index (χ0) is 17.6. The summed E-state index contributed by atoms with van der Waals surface area (Å²) >= 11 is 0. The molecule has 1 heterocycles. The van der Waals surface area contributed by atoms with E-state index in [0.29, 0.717) is 6.54 Å². The Morgan fingerprint density at radius 3 is 2.64 bits per heavy atom. The van der Waals surface area contributed by atoms with Crippen LogP contribution in [0, 0.1) is 17.1 Å². The summed E-state index contributed by atoms with van der Waals surface area (Å²) in [4.78, 5) is 15.4. The number of nitrogens with one attached hydrogen (secondary N) is 1. The zero-order valence-corrected chi connectivity index (χ0v) is 14.0. The third-order valence-electron chi connectivity index (χ3n) is 4.60. The number of fused-ring (bicyclic) bond motifs is 1. The molecular weight excluding hydrogens is 317 g/mol. The second-order valence-electron chi connectivity index (χ2n) is 6.28. The van der Waals surface area contributed by atoms with Gasteiger partial charge in [0.2, 0.25) is 0 Å². The van der Waals surface area contributed by atoms with Gasteiger partial charge < -0.3 is 9.80 Å². The van der Waals surface area contributed by atoms with Crippen molar-refractivity contribution in [3.63, 3.8) is 0 Å². The molecule has 3 rings (SSSR count). The van der Waals surface area contributed by atoms with Crippen molar-refractivity contribution in [3.05, 3.63) is 65.5 Å². The first kappa shape index (κ1) is 17.1. The lowest BCUT2D eigenvalue weighted by atomic mass is 10.00. The largest absolute Gasteiger partial charge is 0.323 e. The Balaban J connectivity index is 1.73. The van der Waals surface area contributed by atoms with Crippen molar-refractivity contribution in [2.75, 3.05) is 24.5 Å². The van der Waals surface area contributed by atoms with Gasteiger partial charge in [0, 0.05) is 18.5 Å².